The Balaban J connectivity index is 4.88. The molecule has 0 radical (unpaired) electrons. The summed E-state index contributed by atoms with van der Waals surface area (Å²) >= 11 is 0. The summed E-state index contributed by atoms with van der Waals surface area (Å²) in [5, 5.41) is 14.8. The average molecular weight is 257 g/mol. The zero-order valence-electron chi connectivity index (χ0n) is 12.0. The summed E-state index contributed by atoms with van der Waals surface area (Å²) in [5.41, 5.74) is 5.40. The normalized spacial score (nSPS) is 14.3. The van der Waals surface area contributed by atoms with E-state index in [1.54, 1.807) is 0 Å². The summed E-state index contributed by atoms with van der Waals surface area (Å²) in [7, 11) is 0. The molecule has 0 aromatic heterocycles. The highest BCUT2D eigenvalue weighted by atomic mass is 16.4. The zero-order chi connectivity index (χ0) is 14.2. The van der Waals surface area contributed by atoms with Crippen molar-refractivity contribution < 1.29 is 10.0 Å². The van der Waals surface area contributed by atoms with Gasteiger partial charge in [-0.1, -0.05) is 39.3 Å². The lowest BCUT2D eigenvalue weighted by atomic mass is 9.88. The van der Waals surface area contributed by atoms with Crippen molar-refractivity contribution >= 4 is 11.7 Å². The molecule has 1 unspecified atom stereocenters. The number of carbonyl (C=O) groups is 1. The minimum atomic E-state index is -0.538. The number of amidine groups is 1. The molecule has 4 N–H and O–H groups in total. The molecule has 0 fully saturated rings. The number of nitrogens with two attached hydrogens (primary N) is 1. The molecule has 0 aromatic rings. The van der Waals surface area contributed by atoms with E-state index in [4.69, 9.17) is 10.9 Å². The third kappa shape index (κ3) is 4.20. The van der Waals surface area contributed by atoms with Gasteiger partial charge in [-0.3, -0.25) is 4.79 Å². The quantitative estimate of drug-likeness (QED) is 0.270. The maximum atomic E-state index is 12.2. The second-order valence-electron chi connectivity index (χ2n) is 4.70. The number of oxime groups is 1. The lowest BCUT2D eigenvalue weighted by molar-refractivity contribution is -0.125. The van der Waals surface area contributed by atoms with E-state index >= 15 is 0 Å². The molecule has 0 spiro atoms. The van der Waals surface area contributed by atoms with Crippen LogP contribution in [0.2, 0.25) is 0 Å². The summed E-state index contributed by atoms with van der Waals surface area (Å²) in [6.07, 6.45) is 4.03. The van der Waals surface area contributed by atoms with Gasteiger partial charge in [0.15, 0.2) is 5.84 Å². The van der Waals surface area contributed by atoms with Crippen molar-refractivity contribution in [1.82, 2.24) is 5.32 Å². The van der Waals surface area contributed by atoms with E-state index in [0.29, 0.717) is 6.42 Å². The maximum Gasteiger partial charge on any atom is 0.231 e. The molecule has 0 aliphatic carbocycles. The fourth-order valence-electron chi connectivity index (χ4n) is 2.14. The van der Waals surface area contributed by atoms with Crippen LogP contribution in [0.1, 0.15) is 59.8 Å². The van der Waals surface area contributed by atoms with E-state index in [2.05, 4.69) is 31.2 Å². The Morgan fingerprint density at radius 3 is 2.11 bits per heavy atom. The highest BCUT2D eigenvalue weighted by molar-refractivity contribution is 6.02. The molecule has 5 heteroatoms. The van der Waals surface area contributed by atoms with Crippen LogP contribution in [0.3, 0.4) is 0 Å². The van der Waals surface area contributed by atoms with Crippen molar-refractivity contribution in [3.05, 3.63) is 0 Å². The number of nitrogens with one attached hydrogen (secondary N) is 1. The zero-order valence-corrected chi connectivity index (χ0v) is 12.0. The number of nitrogens with zero attached hydrogens (tertiary/aromatic N) is 1. The van der Waals surface area contributed by atoms with Crippen LogP contribution < -0.4 is 11.1 Å². The van der Waals surface area contributed by atoms with E-state index in [1.807, 2.05) is 6.92 Å². The van der Waals surface area contributed by atoms with Gasteiger partial charge in [0.25, 0.3) is 0 Å². The lowest BCUT2D eigenvalue weighted by Crippen LogP contribution is -2.51. The summed E-state index contributed by atoms with van der Waals surface area (Å²) in [6, 6.07) is 0. The van der Waals surface area contributed by atoms with Crippen LogP contribution in [-0.2, 0) is 4.79 Å². The molecule has 18 heavy (non-hydrogen) atoms. The Morgan fingerprint density at radius 1 is 1.28 bits per heavy atom. The van der Waals surface area contributed by atoms with E-state index in [-0.39, 0.29) is 17.3 Å². The Bertz CT molecular complexity index is 278. The molecular formula is C13H27N3O2. The second kappa shape index (κ2) is 7.95. The van der Waals surface area contributed by atoms with Crippen molar-refractivity contribution in [3.63, 3.8) is 0 Å². The maximum absolute atomic E-state index is 12.2. The van der Waals surface area contributed by atoms with Gasteiger partial charge in [-0.25, -0.2) is 0 Å². The number of carbonyl (C=O) groups excluding carboxylic acids is 1. The monoisotopic (exact) mass is 257 g/mol. The third-order valence-corrected chi connectivity index (χ3v) is 3.79. The van der Waals surface area contributed by atoms with Gasteiger partial charge in [-0.2, -0.15) is 0 Å². The van der Waals surface area contributed by atoms with Gasteiger partial charge >= 0.3 is 0 Å². The molecule has 1 amide bonds. The van der Waals surface area contributed by atoms with Crippen molar-refractivity contribution in [2.24, 2.45) is 16.8 Å². The molecular weight excluding hydrogens is 230 g/mol. The van der Waals surface area contributed by atoms with Gasteiger partial charge in [-0.15, -0.1) is 0 Å². The van der Waals surface area contributed by atoms with Gasteiger partial charge in [0.2, 0.25) is 5.91 Å². The number of rotatable bonds is 8. The highest BCUT2D eigenvalue weighted by Gasteiger charge is 2.30. The van der Waals surface area contributed by atoms with Crippen LogP contribution >= 0.6 is 0 Å². The first-order valence-electron chi connectivity index (χ1n) is 6.79. The average Bonchev–Trinajstić information content (AvgIpc) is 2.41. The highest BCUT2D eigenvalue weighted by Crippen LogP contribution is 2.20. The predicted molar refractivity (Wildman–Crippen MR) is 73.6 cm³/mol. The number of hydrogen-bond donors (Lipinski definition) is 3. The summed E-state index contributed by atoms with van der Waals surface area (Å²) in [5.74, 6) is -0.687. The van der Waals surface area contributed by atoms with Gasteiger partial charge in [0.05, 0.1) is 5.92 Å². The van der Waals surface area contributed by atoms with Crippen molar-refractivity contribution in [1.29, 1.82) is 0 Å². The molecule has 0 rings (SSSR count). The summed E-state index contributed by atoms with van der Waals surface area (Å²) in [6.45, 7) is 8.15. The van der Waals surface area contributed by atoms with Crippen LogP contribution in [0.4, 0.5) is 0 Å². The third-order valence-electron chi connectivity index (χ3n) is 3.79. The van der Waals surface area contributed by atoms with E-state index in [9.17, 15) is 4.79 Å². The van der Waals surface area contributed by atoms with Crippen LogP contribution in [0.15, 0.2) is 5.16 Å². The number of hydrogen-bond acceptors (Lipinski definition) is 3. The van der Waals surface area contributed by atoms with E-state index in [1.165, 1.54) is 0 Å². The molecule has 0 heterocycles. The SMILES string of the molecule is CCCC(C(=O)NC(CC)(CC)CC)C(N)=NO. The van der Waals surface area contributed by atoms with Gasteiger partial charge in [0, 0.05) is 5.54 Å². The van der Waals surface area contributed by atoms with E-state index < -0.39 is 5.92 Å². The van der Waals surface area contributed by atoms with Crippen molar-refractivity contribution in [3.8, 4) is 0 Å². The molecule has 106 valence electrons. The standard InChI is InChI=1S/C13H27N3O2/c1-5-9-10(11(14)16-18)12(17)15-13(6-2,7-3)8-4/h10,18H,5-9H2,1-4H3,(H2,14,16)(H,15,17). The number of amides is 1. The first kappa shape index (κ1) is 16.7. The molecule has 5 nitrogen and oxygen atoms in total. The minimum absolute atomic E-state index is 0.00782. The molecule has 0 aromatic carbocycles. The van der Waals surface area contributed by atoms with Crippen LogP contribution in [-0.4, -0.2) is 22.5 Å². The molecule has 1 atom stereocenters. The molecule has 0 aliphatic heterocycles. The predicted octanol–water partition coefficient (Wildman–Crippen LogP) is 2.23. The first-order chi connectivity index (χ1) is 8.50. The van der Waals surface area contributed by atoms with Crippen molar-refractivity contribution in [2.75, 3.05) is 0 Å². The van der Waals surface area contributed by atoms with Gasteiger partial charge in [-0.05, 0) is 25.7 Å². The van der Waals surface area contributed by atoms with Gasteiger partial charge in [0.1, 0.15) is 0 Å². The first-order valence-corrected chi connectivity index (χ1v) is 6.79. The van der Waals surface area contributed by atoms with Crippen molar-refractivity contribution in [2.45, 2.75) is 65.3 Å². The van der Waals surface area contributed by atoms with Gasteiger partial charge < -0.3 is 16.3 Å². The largest absolute Gasteiger partial charge is 0.409 e. The van der Waals surface area contributed by atoms with Crippen LogP contribution in [0, 0.1) is 5.92 Å². The fraction of sp³-hybridized carbons (Fsp3) is 0.846. The Kier molecular flexibility index (Phi) is 7.39. The molecule has 0 bridgehead atoms. The Labute approximate surface area is 110 Å². The summed E-state index contributed by atoms with van der Waals surface area (Å²) < 4.78 is 0. The Morgan fingerprint density at radius 2 is 1.78 bits per heavy atom. The second-order valence-corrected chi connectivity index (χ2v) is 4.70. The van der Waals surface area contributed by atoms with E-state index in [0.717, 1.165) is 25.7 Å². The molecule has 0 aliphatic rings. The molecule has 0 saturated carbocycles. The Hall–Kier alpha value is -1.26. The molecule has 0 saturated heterocycles. The lowest BCUT2D eigenvalue weighted by Gasteiger charge is -2.33. The summed E-state index contributed by atoms with van der Waals surface area (Å²) in [4.78, 5) is 12.2. The van der Waals surface area contributed by atoms with Crippen LogP contribution in [0.25, 0.3) is 0 Å². The van der Waals surface area contributed by atoms with Crippen LogP contribution in [0.5, 0.6) is 0 Å². The topological polar surface area (TPSA) is 87.7 Å². The minimum Gasteiger partial charge on any atom is -0.409 e. The fourth-order valence-corrected chi connectivity index (χ4v) is 2.14. The smallest absolute Gasteiger partial charge is 0.231 e.